The molecular formula is C26H34O3. The van der Waals surface area contributed by atoms with E-state index in [0.29, 0.717) is 35.9 Å². The van der Waals surface area contributed by atoms with Crippen molar-refractivity contribution in [3.05, 3.63) is 11.6 Å². The van der Waals surface area contributed by atoms with Crippen LogP contribution in [-0.4, -0.2) is 17.4 Å². The Morgan fingerprint density at radius 2 is 1.97 bits per heavy atom. The summed E-state index contributed by atoms with van der Waals surface area (Å²) < 4.78 is 6.29. The van der Waals surface area contributed by atoms with Gasteiger partial charge in [-0.05, 0) is 94.0 Å². The van der Waals surface area contributed by atoms with Crippen LogP contribution in [-0.2, 0) is 14.3 Å². The van der Waals surface area contributed by atoms with Gasteiger partial charge < -0.3 is 4.74 Å². The topological polar surface area (TPSA) is 43.4 Å². The van der Waals surface area contributed by atoms with Crippen LogP contribution in [0.2, 0.25) is 0 Å². The van der Waals surface area contributed by atoms with Gasteiger partial charge in [0.25, 0.3) is 0 Å². The molecule has 0 aliphatic heterocycles. The number of fused-ring (bicyclic) bond motifs is 5. The van der Waals surface area contributed by atoms with Crippen LogP contribution in [0.5, 0.6) is 0 Å². The Bertz CT molecular complexity index is 784. The molecule has 0 heterocycles. The highest BCUT2D eigenvalue weighted by molar-refractivity contribution is 5.91. The van der Waals surface area contributed by atoms with Crippen LogP contribution in [0.3, 0.4) is 0 Å². The van der Waals surface area contributed by atoms with Crippen LogP contribution in [0.1, 0.15) is 84.0 Å². The molecule has 0 aromatic heterocycles. The minimum Gasteiger partial charge on any atom is -0.445 e. The van der Waals surface area contributed by atoms with Crippen molar-refractivity contribution in [2.24, 2.45) is 35.0 Å². The average Bonchev–Trinajstić information content (AvgIpc) is 3.01. The molecule has 0 unspecified atom stereocenters. The highest BCUT2D eigenvalue weighted by atomic mass is 16.6. The van der Waals surface area contributed by atoms with E-state index >= 15 is 0 Å². The van der Waals surface area contributed by atoms with Gasteiger partial charge in [-0.1, -0.05) is 24.8 Å². The third kappa shape index (κ3) is 2.70. The highest BCUT2D eigenvalue weighted by Gasteiger charge is 2.66. The molecule has 0 N–H and O–H groups in total. The number of rotatable bonds is 3. The first-order valence-corrected chi connectivity index (χ1v) is 12.0. The minimum atomic E-state index is -0.706. The molecule has 0 aromatic carbocycles. The van der Waals surface area contributed by atoms with Crippen molar-refractivity contribution >= 4 is 11.8 Å². The molecule has 156 valence electrons. The molecule has 0 spiro atoms. The second-order valence-corrected chi connectivity index (χ2v) is 10.4. The van der Waals surface area contributed by atoms with E-state index in [1.807, 2.05) is 6.08 Å². The van der Waals surface area contributed by atoms with E-state index in [1.165, 1.54) is 12.0 Å². The van der Waals surface area contributed by atoms with Gasteiger partial charge in [-0.15, -0.1) is 6.42 Å². The summed E-state index contributed by atoms with van der Waals surface area (Å²) in [6, 6.07) is 0. The first-order valence-electron chi connectivity index (χ1n) is 12.0. The fraction of sp³-hybridized carbons (Fsp3) is 0.769. The predicted molar refractivity (Wildman–Crippen MR) is 112 cm³/mol. The summed E-state index contributed by atoms with van der Waals surface area (Å²) in [4.78, 5) is 24.7. The van der Waals surface area contributed by atoms with Crippen LogP contribution < -0.4 is 0 Å². The third-order valence-electron chi connectivity index (χ3n) is 9.70. The van der Waals surface area contributed by atoms with Crippen molar-refractivity contribution in [2.75, 3.05) is 0 Å². The number of esters is 1. The number of ether oxygens (including phenoxy) is 1. The summed E-state index contributed by atoms with van der Waals surface area (Å²) in [5, 5.41) is 0. The Morgan fingerprint density at radius 3 is 2.66 bits per heavy atom. The Labute approximate surface area is 175 Å². The first kappa shape index (κ1) is 19.4. The molecule has 0 bridgehead atoms. The zero-order chi connectivity index (χ0) is 20.2. The fourth-order valence-corrected chi connectivity index (χ4v) is 8.02. The van der Waals surface area contributed by atoms with Gasteiger partial charge in [-0.3, -0.25) is 9.59 Å². The molecule has 5 aliphatic carbocycles. The Kier molecular flexibility index (Phi) is 4.68. The van der Waals surface area contributed by atoms with Gasteiger partial charge in [-0.25, -0.2) is 0 Å². The summed E-state index contributed by atoms with van der Waals surface area (Å²) in [7, 11) is 0. The minimum absolute atomic E-state index is 0.0375. The maximum absolute atomic E-state index is 12.8. The van der Waals surface area contributed by atoms with Crippen LogP contribution >= 0.6 is 0 Å². The van der Waals surface area contributed by atoms with Crippen LogP contribution in [0.15, 0.2) is 11.6 Å². The van der Waals surface area contributed by atoms with Crippen molar-refractivity contribution in [3.63, 3.8) is 0 Å². The molecule has 5 aliphatic rings. The molecule has 4 saturated carbocycles. The van der Waals surface area contributed by atoms with Gasteiger partial charge in [0.05, 0.1) is 5.92 Å². The Hall–Kier alpha value is -1.56. The first-order chi connectivity index (χ1) is 14.0. The zero-order valence-corrected chi connectivity index (χ0v) is 17.8. The van der Waals surface area contributed by atoms with Gasteiger partial charge in [0.2, 0.25) is 0 Å². The number of carbonyl (C=O) groups excluding carboxylic acids is 2. The molecule has 0 radical (unpaired) electrons. The zero-order valence-electron chi connectivity index (χ0n) is 17.8. The normalized spacial score (nSPS) is 43.9. The second-order valence-electron chi connectivity index (χ2n) is 10.4. The van der Waals surface area contributed by atoms with Crippen molar-refractivity contribution < 1.29 is 14.3 Å². The van der Waals surface area contributed by atoms with E-state index < -0.39 is 5.60 Å². The summed E-state index contributed by atoms with van der Waals surface area (Å²) in [5.41, 5.74) is 0.653. The molecule has 6 atom stereocenters. The lowest BCUT2D eigenvalue weighted by atomic mass is 9.49. The summed E-state index contributed by atoms with van der Waals surface area (Å²) >= 11 is 0. The molecule has 29 heavy (non-hydrogen) atoms. The second kappa shape index (κ2) is 7.00. The lowest BCUT2D eigenvalue weighted by Crippen LogP contribution is -2.55. The van der Waals surface area contributed by atoms with Crippen LogP contribution in [0.25, 0.3) is 0 Å². The van der Waals surface area contributed by atoms with Crippen molar-refractivity contribution in [3.8, 4) is 12.3 Å². The van der Waals surface area contributed by atoms with Crippen LogP contribution in [0, 0.1) is 47.3 Å². The number of terminal acetylenes is 1. The number of allylic oxidation sites excluding steroid dienone is 1. The molecule has 0 aromatic rings. The van der Waals surface area contributed by atoms with E-state index in [4.69, 9.17) is 11.2 Å². The molecule has 5 rings (SSSR count). The van der Waals surface area contributed by atoms with Crippen molar-refractivity contribution in [2.45, 2.75) is 89.6 Å². The maximum Gasteiger partial charge on any atom is 0.310 e. The van der Waals surface area contributed by atoms with E-state index in [2.05, 4.69) is 12.8 Å². The molecule has 0 amide bonds. The predicted octanol–water partition coefficient (Wildman–Crippen LogP) is 5.23. The van der Waals surface area contributed by atoms with E-state index in [1.54, 1.807) is 0 Å². The molecule has 0 saturated heterocycles. The summed E-state index contributed by atoms with van der Waals surface area (Å²) in [6.07, 6.45) is 20.3. The van der Waals surface area contributed by atoms with Crippen molar-refractivity contribution in [1.82, 2.24) is 0 Å². The van der Waals surface area contributed by atoms with Gasteiger partial charge in [-0.2, -0.15) is 0 Å². The van der Waals surface area contributed by atoms with Crippen molar-refractivity contribution in [1.29, 1.82) is 0 Å². The smallest absolute Gasteiger partial charge is 0.310 e. The van der Waals surface area contributed by atoms with Gasteiger partial charge in [0.15, 0.2) is 11.4 Å². The third-order valence-corrected chi connectivity index (χ3v) is 9.70. The molecular weight excluding hydrogens is 360 g/mol. The molecule has 4 fully saturated rings. The molecule has 3 nitrogen and oxygen atoms in total. The average molecular weight is 395 g/mol. The lowest BCUT2D eigenvalue weighted by Gasteiger charge is -2.56. The highest BCUT2D eigenvalue weighted by Crippen LogP contribution is 2.67. The summed E-state index contributed by atoms with van der Waals surface area (Å²) in [6.45, 7) is 2.26. The Balaban J connectivity index is 1.44. The fourth-order valence-electron chi connectivity index (χ4n) is 8.02. The van der Waals surface area contributed by atoms with E-state index in [-0.39, 0.29) is 17.3 Å². The number of hydrogen-bond acceptors (Lipinski definition) is 3. The Morgan fingerprint density at radius 1 is 1.14 bits per heavy atom. The number of hydrogen-bond donors (Lipinski definition) is 0. The van der Waals surface area contributed by atoms with Gasteiger partial charge >= 0.3 is 5.97 Å². The monoisotopic (exact) mass is 394 g/mol. The number of carbonyl (C=O) groups is 2. The standard InChI is InChI=1S/C26H34O3/c1-3-25-14-12-21-20-11-9-19(27)16-18(20)8-10-22(21)23(25)13-15-26(25,4-2)29-24(28)17-6-5-7-17/h2,16-17,20-23H,3,5-15H2,1H3/t20-,21+,22+,23-,25-,26-/m0/s1. The lowest BCUT2D eigenvalue weighted by molar-refractivity contribution is -0.180. The SMILES string of the molecule is C#C[C@]1(OC(=O)C2CCC2)CC[C@H]2[C@@H]3CCC4=CC(=O)CC[C@@H]4[C@H]3CC[C@@]21CC. The largest absolute Gasteiger partial charge is 0.445 e. The number of ketones is 1. The maximum atomic E-state index is 12.8. The molecule has 3 heteroatoms. The van der Waals surface area contributed by atoms with Gasteiger partial charge in [0.1, 0.15) is 0 Å². The quantitative estimate of drug-likeness (QED) is 0.486. The summed E-state index contributed by atoms with van der Waals surface area (Å²) in [5.74, 6) is 5.92. The van der Waals surface area contributed by atoms with E-state index in [9.17, 15) is 9.59 Å². The van der Waals surface area contributed by atoms with Gasteiger partial charge in [0, 0.05) is 11.8 Å². The van der Waals surface area contributed by atoms with Crippen LogP contribution in [0.4, 0.5) is 0 Å². The van der Waals surface area contributed by atoms with E-state index in [0.717, 1.165) is 64.2 Å².